The van der Waals surface area contributed by atoms with Crippen molar-refractivity contribution >= 4 is 20.0 Å². The monoisotopic (exact) mass is 322 g/mol. The second kappa shape index (κ2) is 14.3. The van der Waals surface area contributed by atoms with Crippen LogP contribution in [-0.2, 0) is 20.0 Å². The molecule has 0 bridgehead atoms. The lowest BCUT2D eigenvalue weighted by atomic mass is 10.0. The normalized spacial score (nSPS) is 14.3. The van der Waals surface area contributed by atoms with Crippen molar-refractivity contribution in [2.75, 3.05) is 5.75 Å². The van der Waals surface area contributed by atoms with Crippen molar-refractivity contribution in [3.05, 3.63) is 0 Å². The lowest BCUT2D eigenvalue weighted by molar-refractivity contribution is 0.534. The first kappa shape index (κ1) is 20.3. The summed E-state index contributed by atoms with van der Waals surface area (Å²) in [6.45, 7) is 2.26. The Kier molecular flexibility index (Phi) is 14.5. The predicted octanol–water partition coefficient (Wildman–Crippen LogP) is 5.69. The summed E-state index contributed by atoms with van der Waals surface area (Å²) >= 11 is 4.46. The summed E-state index contributed by atoms with van der Waals surface area (Å²) in [5, 5.41) is 0. The van der Waals surface area contributed by atoms with Crippen LogP contribution in [-0.4, -0.2) is 14.5 Å². The Morgan fingerprint density at radius 1 is 0.700 bits per heavy atom. The molecule has 0 heterocycles. The molecule has 4 heteroatoms. The van der Waals surface area contributed by atoms with Gasteiger partial charge in [-0.05, 0) is 6.42 Å². The van der Waals surface area contributed by atoms with Gasteiger partial charge in [-0.3, -0.25) is 0 Å². The zero-order chi connectivity index (χ0) is 15.1. The van der Waals surface area contributed by atoms with Crippen molar-refractivity contribution < 1.29 is 8.76 Å². The molecule has 0 aromatic rings. The molecule has 122 valence electrons. The van der Waals surface area contributed by atoms with Crippen molar-refractivity contribution in [2.45, 2.75) is 96.8 Å². The highest BCUT2D eigenvalue weighted by Gasteiger charge is 1.99. The van der Waals surface area contributed by atoms with Gasteiger partial charge in [0.2, 0.25) is 0 Å². The number of rotatable bonds is 15. The molecule has 1 unspecified atom stereocenters. The first-order chi connectivity index (χ1) is 9.56. The third kappa shape index (κ3) is 18.3. The quantitative estimate of drug-likeness (QED) is 0.394. The molecule has 0 aromatic heterocycles. The van der Waals surface area contributed by atoms with E-state index in [4.69, 9.17) is 4.55 Å². The molecule has 0 amide bonds. The Bertz CT molecular complexity index is 287. The highest BCUT2D eigenvalue weighted by atomic mass is 32.8. The summed E-state index contributed by atoms with van der Waals surface area (Å²) in [5.41, 5.74) is 0. The molecule has 0 radical (unpaired) electrons. The van der Waals surface area contributed by atoms with Crippen LogP contribution in [0.1, 0.15) is 96.8 Å². The summed E-state index contributed by atoms with van der Waals surface area (Å²) in [7, 11) is -2.91. The molecule has 0 spiro atoms. The standard InChI is InChI=1S/C16H34O2S2/c1-2-3-4-5-6-7-8-9-10-11-12-13-14-15-16-20(17,18)19/h2-16H2,1H3,(H,17,18,19). The molecule has 0 saturated heterocycles. The van der Waals surface area contributed by atoms with Gasteiger partial charge in [0.1, 0.15) is 8.77 Å². The first-order valence-corrected chi connectivity index (χ1v) is 11.1. The van der Waals surface area contributed by atoms with E-state index in [0.29, 0.717) is 5.75 Å². The van der Waals surface area contributed by atoms with Gasteiger partial charge in [-0.2, -0.15) is 0 Å². The lowest BCUT2D eigenvalue weighted by Crippen LogP contribution is -2.01. The van der Waals surface area contributed by atoms with E-state index in [0.717, 1.165) is 12.8 Å². The molecular weight excluding hydrogens is 288 g/mol. The SMILES string of the molecule is CCCCCCCCCCCCCCCCS(=O)(O)=S. The number of hydrogen-bond acceptors (Lipinski definition) is 2. The van der Waals surface area contributed by atoms with Crippen LogP contribution in [0.4, 0.5) is 0 Å². The second-order valence-electron chi connectivity index (χ2n) is 5.88. The third-order valence-corrected chi connectivity index (χ3v) is 5.06. The van der Waals surface area contributed by atoms with Crippen LogP contribution in [0.2, 0.25) is 0 Å². The molecule has 0 aliphatic carbocycles. The molecule has 0 aliphatic rings. The van der Waals surface area contributed by atoms with Gasteiger partial charge >= 0.3 is 0 Å². The summed E-state index contributed by atoms with van der Waals surface area (Å²) in [6.07, 6.45) is 18.1. The van der Waals surface area contributed by atoms with Crippen LogP contribution >= 0.6 is 0 Å². The van der Waals surface area contributed by atoms with Crippen molar-refractivity contribution in [2.24, 2.45) is 0 Å². The van der Waals surface area contributed by atoms with Gasteiger partial charge in [-0.25, -0.2) is 4.21 Å². The van der Waals surface area contributed by atoms with Gasteiger partial charge in [0.05, 0.1) is 0 Å². The maximum atomic E-state index is 10.9. The Labute approximate surface area is 131 Å². The third-order valence-electron chi connectivity index (χ3n) is 3.76. The smallest absolute Gasteiger partial charge is 0.141 e. The van der Waals surface area contributed by atoms with E-state index in [1.165, 1.54) is 77.0 Å². The van der Waals surface area contributed by atoms with Gasteiger partial charge in [0.15, 0.2) is 0 Å². The van der Waals surface area contributed by atoms with Crippen molar-refractivity contribution in [1.29, 1.82) is 0 Å². The van der Waals surface area contributed by atoms with Gasteiger partial charge in [-0.1, -0.05) is 90.4 Å². The minimum absolute atomic E-state index is 0.292. The predicted molar refractivity (Wildman–Crippen MR) is 93.3 cm³/mol. The second-order valence-corrected chi connectivity index (χ2v) is 9.02. The van der Waals surface area contributed by atoms with Crippen LogP contribution in [0.25, 0.3) is 0 Å². The highest BCUT2D eigenvalue weighted by Crippen LogP contribution is 2.13. The number of hydrogen-bond donors (Lipinski definition) is 1. The van der Waals surface area contributed by atoms with Crippen LogP contribution in [0.3, 0.4) is 0 Å². The molecule has 1 N–H and O–H groups in total. The van der Waals surface area contributed by atoms with Crippen LogP contribution < -0.4 is 0 Å². The molecular formula is C16H34O2S2. The average Bonchev–Trinajstić information content (AvgIpc) is 2.38. The lowest BCUT2D eigenvalue weighted by Gasteiger charge is -2.03. The molecule has 2 nitrogen and oxygen atoms in total. The summed E-state index contributed by atoms with van der Waals surface area (Å²) < 4.78 is 19.8. The minimum atomic E-state index is -2.91. The number of unbranched alkanes of at least 4 members (excludes halogenated alkanes) is 13. The van der Waals surface area contributed by atoms with E-state index >= 15 is 0 Å². The molecule has 1 atom stereocenters. The molecule has 0 rings (SSSR count). The fraction of sp³-hybridized carbons (Fsp3) is 1.00. The molecule has 20 heavy (non-hydrogen) atoms. The summed E-state index contributed by atoms with van der Waals surface area (Å²) in [4.78, 5) is 0. The van der Waals surface area contributed by atoms with Crippen molar-refractivity contribution in [3.8, 4) is 0 Å². The Morgan fingerprint density at radius 2 is 1.00 bits per heavy atom. The Hall–Kier alpha value is 0.330. The van der Waals surface area contributed by atoms with E-state index in [2.05, 4.69) is 18.1 Å². The zero-order valence-corrected chi connectivity index (χ0v) is 14.9. The summed E-state index contributed by atoms with van der Waals surface area (Å²) in [5.74, 6) is 0.292. The highest BCUT2D eigenvalue weighted by molar-refractivity contribution is 8.29. The maximum absolute atomic E-state index is 10.9. The van der Waals surface area contributed by atoms with Gasteiger partial charge in [0, 0.05) is 16.9 Å². The van der Waals surface area contributed by atoms with E-state index in [1.807, 2.05) is 0 Å². The fourth-order valence-corrected chi connectivity index (χ4v) is 3.40. The fourth-order valence-electron chi connectivity index (χ4n) is 2.48. The largest absolute Gasteiger partial charge is 0.306 e. The van der Waals surface area contributed by atoms with E-state index < -0.39 is 8.77 Å². The van der Waals surface area contributed by atoms with E-state index in [9.17, 15) is 4.21 Å². The molecule has 0 aliphatic heterocycles. The van der Waals surface area contributed by atoms with Gasteiger partial charge in [-0.15, -0.1) is 0 Å². The molecule has 0 fully saturated rings. The Balaban J connectivity index is 3.03. The van der Waals surface area contributed by atoms with Crippen LogP contribution in [0, 0.1) is 0 Å². The first-order valence-electron chi connectivity index (χ1n) is 8.51. The van der Waals surface area contributed by atoms with E-state index in [1.54, 1.807) is 0 Å². The van der Waals surface area contributed by atoms with Gasteiger partial charge in [0.25, 0.3) is 0 Å². The van der Waals surface area contributed by atoms with Crippen LogP contribution in [0.15, 0.2) is 0 Å². The molecule has 0 saturated carbocycles. The molecule has 0 aromatic carbocycles. The zero-order valence-electron chi connectivity index (χ0n) is 13.3. The topological polar surface area (TPSA) is 37.3 Å². The van der Waals surface area contributed by atoms with Crippen molar-refractivity contribution in [1.82, 2.24) is 0 Å². The van der Waals surface area contributed by atoms with Crippen molar-refractivity contribution in [3.63, 3.8) is 0 Å². The Morgan fingerprint density at radius 3 is 1.30 bits per heavy atom. The van der Waals surface area contributed by atoms with E-state index in [-0.39, 0.29) is 0 Å². The van der Waals surface area contributed by atoms with Crippen LogP contribution in [0.5, 0.6) is 0 Å². The average molecular weight is 323 g/mol. The minimum Gasteiger partial charge on any atom is -0.306 e. The maximum Gasteiger partial charge on any atom is 0.141 e. The summed E-state index contributed by atoms with van der Waals surface area (Å²) in [6, 6.07) is 0. The van der Waals surface area contributed by atoms with Gasteiger partial charge < -0.3 is 4.55 Å².